The summed E-state index contributed by atoms with van der Waals surface area (Å²) in [7, 11) is 2.85. The van der Waals surface area contributed by atoms with Crippen molar-refractivity contribution in [3.63, 3.8) is 0 Å². The van der Waals surface area contributed by atoms with Crippen LogP contribution in [0.25, 0.3) is 0 Å². The first-order valence-corrected chi connectivity index (χ1v) is 11.4. The molecule has 0 N–H and O–H groups in total. The Balaban J connectivity index is 1.97. The van der Waals surface area contributed by atoms with Crippen molar-refractivity contribution in [1.29, 1.82) is 0 Å². The molecule has 1 aromatic rings. The van der Waals surface area contributed by atoms with E-state index in [0.717, 1.165) is 31.2 Å². The van der Waals surface area contributed by atoms with Crippen molar-refractivity contribution >= 4 is 16.8 Å². The largest absolute Gasteiger partial charge is 0.461 e. The lowest BCUT2D eigenvalue weighted by molar-refractivity contribution is -0.150. The standard InChI is InChI=1S/C22H35NO3S/c1-22(2,3)18-12-10-17(11-13-18)16-27(25)20-9-7-6-8-19(20)26-21(24)14-15-23(4)5/h10-13,19-20H,6-9,14-16H2,1-5H3. The lowest BCUT2D eigenvalue weighted by Crippen LogP contribution is -2.38. The lowest BCUT2D eigenvalue weighted by atomic mass is 9.87. The van der Waals surface area contributed by atoms with E-state index in [1.807, 2.05) is 19.0 Å². The van der Waals surface area contributed by atoms with Gasteiger partial charge in [-0.3, -0.25) is 9.00 Å². The molecule has 0 bridgehead atoms. The predicted octanol–water partition coefficient (Wildman–Crippen LogP) is 4.04. The van der Waals surface area contributed by atoms with Gasteiger partial charge in [0, 0.05) is 23.1 Å². The fourth-order valence-corrected chi connectivity index (χ4v) is 5.11. The Labute approximate surface area is 167 Å². The molecule has 1 aliphatic carbocycles. The molecule has 2 rings (SSSR count). The third kappa shape index (κ3) is 7.04. The van der Waals surface area contributed by atoms with Gasteiger partial charge >= 0.3 is 5.97 Å². The van der Waals surface area contributed by atoms with Crippen LogP contribution in [-0.4, -0.2) is 47.1 Å². The minimum atomic E-state index is -1.03. The summed E-state index contributed by atoms with van der Waals surface area (Å²) in [5, 5.41) is -0.0515. The van der Waals surface area contributed by atoms with Crippen molar-refractivity contribution in [2.75, 3.05) is 20.6 Å². The summed E-state index contributed by atoms with van der Waals surface area (Å²) >= 11 is 0. The van der Waals surface area contributed by atoms with E-state index in [1.165, 1.54) is 5.56 Å². The second-order valence-corrected chi connectivity index (χ2v) is 10.5. The van der Waals surface area contributed by atoms with Crippen molar-refractivity contribution in [3.8, 4) is 0 Å². The Morgan fingerprint density at radius 3 is 2.37 bits per heavy atom. The summed E-state index contributed by atoms with van der Waals surface area (Å²) in [6.45, 7) is 7.26. The number of nitrogens with zero attached hydrogens (tertiary/aromatic N) is 1. The van der Waals surface area contributed by atoms with E-state index in [9.17, 15) is 9.00 Å². The molecule has 5 heteroatoms. The van der Waals surface area contributed by atoms with Crippen molar-refractivity contribution in [3.05, 3.63) is 35.4 Å². The predicted molar refractivity (Wildman–Crippen MR) is 112 cm³/mol. The molecular formula is C22H35NO3S. The zero-order valence-corrected chi connectivity index (χ0v) is 18.3. The molecule has 27 heavy (non-hydrogen) atoms. The fourth-order valence-electron chi connectivity index (χ4n) is 3.41. The average Bonchev–Trinajstić information content (AvgIpc) is 2.60. The van der Waals surface area contributed by atoms with E-state index < -0.39 is 10.8 Å². The molecule has 1 aliphatic rings. The van der Waals surface area contributed by atoms with Gasteiger partial charge in [-0.15, -0.1) is 0 Å². The summed E-state index contributed by atoms with van der Waals surface area (Å²) in [5.74, 6) is 0.355. The van der Waals surface area contributed by atoms with Crippen LogP contribution in [0.15, 0.2) is 24.3 Å². The average molecular weight is 394 g/mol. The molecule has 3 atom stereocenters. The third-order valence-electron chi connectivity index (χ3n) is 5.15. The van der Waals surface area contributed by atoms with Crippen LogP contribution in [0.5, 0.6) is 0 Å². The Morgan fingerprint density at radius 1 is 1.15 bits per heavy atom. The van der Waals surface area contributed by atoms with Crippen LogP contribution in [0.2, 0.25) is 0 Å². The Kier molecular flexibility index (Phi) is 8.04. The van der Waals surface area contributed by atoms with Gasteiger partial charge < -0.3 is 9.64 Å². The normalized spacial score (nSPS) is 21.9. The van der Waals surface area contributed by atoms with Gasteiger partial charge in [-0.2, -0.15) is 0 Å². The number of esters is 1. The van der Waals surface area contributed by atoms with Gasteiger partial charge in [-0.05, 0) is 49.9 Å². The highest BCUT2D eigenvalue weighted by molar-refractivity contribution is 7.84. The summed E-state index contributed by atoms with van der Waals surface area (Å²) in [6, 6.07) is 8.43. The third-order valence-corrected chi connectivity index (χ3v) is 6.99. The second-order valence-electron chi connectivity index (χ2n) is 8.88. The lowest BCUT2D eigenvalue weighted by Gasteiger charge is -2.30. The number of ether oxygens (including phenoxy) is 1. The van der Waals surface area contributed by atoms with E-state index in [0.29, 0.717) is 18.7 Å². The summed E-state index contributed by atoms with van der Waals surface area (Å²) < 4.78 is 18.7. The van der Waals surface area contributed by atoms with Crippen molar-refractivity contribution in [1.82, 2.24) is 4.90 Å². The van der Waals surface area contributed by atoms with E-state index in [4.69, 9.17) is 4.74 Å². The van der Waals surface area contributed by atoms with Crippen LogP contribution in [0, 0.1) is 0 Å². The van der Waals surface area contributed by atoms with Gasteiger partial charge in [-0.25, -0.2) is 0 Å². The summed E-state index contributed by atoms with van der Waals surface area (Å²) in [6.07, 6.45) is 3.98. The molecule has 1 aromatic carbocycles. The van der Waals surface area contributed by atoms with Crippen LogP contribution < -0.4 is 0 Å². The number of hydrogen-bond acceptors (Lipinski definition) is 4. The van der Waals surface area contributed by atoms with E-state index in [-0.39, 0.29) is 22.7 Å². The van der Waals surface area contributed by atoms with E-state index in [2.05, 4.69) is 45.0 Å². The minimum absolute atomic E-state index is 0.0515. The summed E-state index contributed by atoms with van der Waals surface area (Å²) in [5.41, 5.74) is 2.49. The maximum absolute atomic E-state index is 13.0. The smallest absolute Gasteiger partial charge is 0.307 e. The molecule has 1 fully saturated rings. The maximum Gasteiger partial charge on any atom is 0.307 e. The van der Waals surface area contributed by atoms with Gasteiger partial charge in [0.2, 0.25) is 0 Å². The molecule has 3 unspecified atom stereocenters. The van der Waals surface area contributed by atoms with E-state index >= 15 is 0 Å². The Morgan fingerprint density at radius 2 is 1.78 bits per heavy atom. The van der Waals surface area contributed by atoms with Crippen LogP contribution in [-0.2, 0) is 31.5 Å². The molecule has 0 amide bonds. The van der Waals surface area contributed by atoms with Gasteiger partial charge in [0.25, 0.3) is 0 Å². The topological polar surface area (TPSA) is 46.6 Å². The molecular weight excluding hydrogens is 358 g/mol. The van der Waals surface area contributed by atoms with Crippen LogP contribution >= 0.6 is 0 Å². The number of rotatable bonds is 7. The van der Waals surface area contributed by atoms with E-state index in [1.54, 1.807) is 0 Å². The monoisotopic (exact) mass is 393 g/mol. The van der Waals surface area contributed by atoms with Gasteiger partial charge in [0.15, 0.2) is 0 Å². The van der Waals surface area contributed by atoms with Crippen molar-refractivity contribution in [2.24, 2.45) is 0 Å². The van der Waals surface area contributed by atoms with Crippen LogP contribution in [0.4, 0.5) is 0 Å². The highest BCUT2D eigenvalue weighted by Crippen LogP contribution is 2.28. The molecule has 0 heterocycles. The molecule has 1 saturated carbocycles. The number of benzene rings is 1. The molecule has 152 valence electrons. The van der Waals surface area contributed by atoms with Gasteiger partial charge in [-0.1, -0.05) is 51.5 Å². The first-order chi connectivity index (χ1) is 12.7. The van der Waals surface area contributed by atoms with Crippen molar-refractivity contribution in [2.45, 2.75) is 75.4 Å². The molecule has 0 spiro atoms. The van der Waals surface area contributed by atoms with Crippen molar-refractivity contribution < 1.29 is 13.7 Å². The first kappa shape index (κ1) is 22.1. The quantitative estimate of drug-likeness (QED) is 0.656. The highest BCUT2D eigenvalue weighted by atomic mass is 32.2. The van der Waals surface area contributed by atoms with Gasteiger partial charge in [0.05, 0.1) is 11.7 Å². The highest BCUT2D eigenvalue weighted by Gasteiger charge is 2.32. The number of carbonyl (C=O) groups is 1. The summed E-state index contributed by atoms with van der Waals surface area (Å²) in [4.78, 5) is 14.1. The van der Waals surface area contributed by atoms with Crippen LogP contribution in [0.3, 0.4) is 0 Å². The maximum atomic E-state index is 13.0. The molecule has 0 aliphatic heterocycles. The first-order valence-electron chi connectivity index (χ1n) is 9.97. The number of hydrogen-bond donors (Lipinski definition) is 0. The zero-order chi connectivity index (χ0) is 20.0. The molecule has 4 nitrogen and oxygen atoms in total. The van der Waals surface area contributed by atoms with Gasteiger partial charge in [0.1, 0.15) is 6.10 Å². The Hall–Kier alpha value is -1.20. The number of carbonyl (C=O) groups excluding carboxylic acids is 1. The minimum Gasteiger partial charge on any atom is -0.461 e. The Bertz CT molecular complexity index is 634. The molecule has 0 saturated heterocycles. The fraction of sp³-hybridized carbons (Fsp3) is 0.682. The SMILES string of the molecule is CN(C)CCC(=O)OC1CCCCC1S(=O)Cc1ccc(C(C)(C)C)cc1. The second kappa shape index (κ2) is 9.83. The van der Waals surface area contributed by atoms with Crippen LogP contribution in [0.1, 0.15) is 64.0 Å². The molecule has 0 radical (unpaired) electrons. The zero-order valence-electron chi connectivity index (χ0n) is 17.5. The molecule has 0 aromatic heterocycles.